The molecule has 0 saturated carbocycles. The molecule has 0 spiro atoms. The molecule has 0 aliphatic carbocycles. The van der Waals surface area contributed by atoms with Crippen LogP contribution in [0, 0.1) is 24.2 Å². The van der Waals surface area contributed by atoms with Gasteiger partial charge in [0.1, 0.15) is 11.9 Å². The third kappa shape index (κ3) is 4.15. The first-order valence-electron chi connectivity index (χ1n) is 8.64. The lowest BCUT2D eigenvalue weighted by atomic mass is 9.97. The van der Waals surface area contributed by atoms with E-state index in [2.05, 4.69) is 10.3 Å². The van der Waals surface area contributed by atoms with Crippen molar-refractivity contribution < 1.29 is 13.2 Å². The van der Waals surface area contributed by atoms with Gasteiger partial charge in [-0.25, -0.2) is 13.4 Å². The number of anilines is 1. The maximum atomic E-state index is 12.8. The lowest BCUT2D eigenvalue weighted by Gasteiger charge is -2.30. The molecule has 140 valence electrons. The van der Waals surface area contributed by atoms with Gasteiger partial charge in [0.05, 0.1) is 10.5 Å². The van der Waals surface area contributed by atoms with Gasteiger partial charge in [-0.2, -0.15) is 9.57 Å². The van der Waals surface area contributed by atoms with Crippen molar-refractivity contribution in [2.45, 2.75) is 24.7 Å². The number of carbonyl (C=O) groups excluding carboxylic acids is 1. The van der Waals surface area contributed by atoms with Gasteiger partial charge in [0.2, 0.25) is 15.9 Å². The standard InChI is InChI=1S/C19H20N4O3S/c1-14-6-9-21-18(12-14)22-19(24)15-7-10-23(11-8-15)27(25,26)17-5-3-2-4-16(17)13-20/h2-6,9,12,15H,7-8,10-11H2,1H3,(H,21,22,24). The van der Waals surface area contributed by atoms with Gasteiger partial charge in [0.15, 0.2) is 0 Å². The highest BCUT2D eigenvalue weighted by Gasteiger charge is 2.33. The van der Waals surface area contributed by atoms with Crippen LogP contribution < -0.4 is 5.32 Å². The van der Waals surface area contributed by atoms with Crippen molar-refractivity contribution in [2.75, 3.05) is 18.4 Å². The number of pyridine rings is 1. The molecule has 0 bridgehead atoms. The number of hydrogen-bond acceptors (Lipinski definition) is 5. The molecule has 1 saturated heterocycles. The van der Waals surface area contributed by atoms with Gasteiger partial charge in [0, 0.05) is 25.2 Å². The summed E-state index contributed by atoms with van der Waals surface area (Å²) in [6.45, 7) is 2.39. The summed E-state index contributed by atoms with van der Waals surface area (Å²) < 4.78 is 27.0. The zero-order chi connectivity index (χ0) is 19.4. The van der Waals surface area contributed by atoms with Gasteiger partial charge < -0.3 is 5.32 Å². The van der Waals surface area contributed by atoms with Gasteiger partial charge in [-0.3, -0.25) is 4.79 Å². The number of benzene rings is 1. The topological polar surface area (TPSA) is 103 Å². The molecule has 3 rings (SSSR count). The predicted octanol–water partition coefficient (Wildman–Crippen LogP) is 2.30. The van der Waals surface area contributed by atoms with E-state index < -0.39 is 10.0 Å². The SMILES string of the molecule is Cc1ccnc(NC(=O)C2CCN(S(=O)(=O)c3ccccc3C#N)CC2)c1. The molecule has 0 radical (unpaired) electrons. The van der Waals surface area contributed by atoms with Crippen LogP contribution >= 0.6 is 0 Å². The predicted molar refractivity (Wildman–Crippen MR) is 100 cm³/mol. The normalized spacial score (nSPS) is 15.9. The number of sulfonamides is 1. The second kappa shape index (κ2) is 7.86. The van der Waals surface area contributed by atoms with Gasteiger partial charge in [0.25, 0.3) is 0 Å². The maximum Gasteiger partial charge on any atom is 0.244 e. The van der Waals surface area contributed by atoms with E-state index in [-0.39, 0.29) is 35.4 Å². The van der Waals surface area contributed by atoms with Crippen LogP contribution in [-0.2, 0) is 14.8 Å². The van der Waals surface area contributed by atoms with Gasteiger partial charge in [-0.15, -0.1) is 0 Å². The molecule has 8 heteroatoms. The Hall–Kier alpha value is -2.76. The molecule has 1 aromatic heterocycles. The fourth-order valence-electron chi connectivity index (χ4n) is 3.11. The molecule has 1 aliphatic rings. The van der Waals surface area contributed by atoms with E-state index in [9.17, 15) is 13.2 Å². The Bertz CT molecular complexity index is 990. The van der Waals surface area contributed by atoms with Crippen LogP contribution in [-0.4, -0.2) is 36.7 Å². The number of nitrogens with one attached hydrogen (secondary N) is 1. The van der Waals surface area contributed by atoms with E-state index >= 15 is 0 Å². The fraction of sp³-hybridized carbons (Fsp3) is 0.316. The number of nitriles is 1. The number of nitrogens with zero attached hydrogens (tertiary/aromatic N) is 3. The molecule has 2 heterocycles. The summed E-state index contributed by atoms with van der Waals surface area (Å²) in [6.07, 6.45) is 2.48. The number of carbonyl (C=O) groups is 1. The second-order valence-corrected chi connectivity index (χ2v) is 8.40. The molecule has 0 atom stereocenters. The lowest BCUT2D eigenvalue weighted by molar-refractivity contribution is -0.120. The number of aryl methyl sites for hydroxylation is 1. The minimum atomic E-state index is -3.75. The van der Waals surface area contributed by atoms with E-state index in [1.165, 1.54) is 16.4 Å². The summed E-state index contributed by atoms with van der Waals surface area (Å²) in [6, 6.07) is 11.7. The van der Waals surface area contributed by atoms with Crippen LogP contribution in [0.1, 0.15) is 24.0 Å². The van der Waals surface area contributed by atoms with E-state index in [0.717, 1.165) is 5.56 Å². The van der Waals surface area contributed by atoms with Crippen LogP contribution in [0.3, 0.4) is 0 Å². The molecule has 27 heavy (non-hydrogen) atoms. The molecule has 1 amide bonds. The van der Waals surface area contributed by atoms with Crippen LogP contribution in [0.15, 0.2) is 47.5 Å². The van der Waals surface area contributed by atoms with Crippen molar-refractivity contribution in [3.8, 4) is 6.07 Å². The number of amides is 1. The van der Waals surface area contributed by atoms with Crippen LogP contribution in [0.25, 0.3) is 0 Å². The van der Waals surface area contributed by atoms with Crippen molar-refractivity contribution in [3.63, 3.8) is 0 Å². The number of piperidine rings is 1. The largest absolute Gasteiger partial charge is 0.310 e. The molecule has 2 aromatic rings. The third-order valence-electron chi connectivity index (χ3n) is 4.62. The van der Waals surface area contributed by atoms with Crippen molar-refractivity contribution in [2.24, 2.45) is 5.92 Å². The maximum absolute atomic E-state index is 12.8. The highest BCUT2D eigenvalue weighted by Crippen LogP contribution is 2.26. The van der Waals surface area contributed by atoms with E-state index in [0.29, 0.717) is 18.7 Å². The zero-order valence-electron chi connectivity index (χ0n) is 14.9. The van der Waals surface area contributed by atoms with E-state index in [1.54, 1.807) is 24.4 Å². The van der Waals surface area contributed by atoms with Crippen LogP contribution in [0.2, 0.25) is 0 Å². The first kappa shape index (κ1) is 19.0. The Morgan fingerprint density at radius 1 is 1.26 bits per heavy atom. The first-order valence-corrected chi connectivity index (χ1v) is 10.1. The average Bonchev–Trinajstić information content (AvgIpc) is 2.68. The molecule has 1 N–H and O–H groups in total. The molecule has 1 aromatic carbocycles. The summed E-state index contributed by atoms with van der Waals surface area (Å²) in [7, 11) is -3.75. The Kier molecular flexibility index (Phi) is 5.54. The van der Waals surface area contributed by atoms with E-state index in [1.807, 2.05) is 19.1 Å². The second-order valence-electron chi connectivity index (χ2n) is 6.49. The van der Waals surface area contributed by atoms with Crippen molar-refractivity contribution in [1.29, 1.82) is 5.26 Å². The minimum absolute atomic E-state index is 0.0133. The van der Waals surface area contributed by atoms with E-state index in [4.69, 9.17) is 5.26 Å². The molecular weight excluding hydrogens is 364 g/mol. The van der Waals surface area contributed by atoms with Crippen molar-refractivity contribution >= 4 is 21.7 Å². The Labute approximate surface area is 158 Å². The zero-order valence-corrected chi connectivity index (χ0v) is 15.7. The highest BCUT2D eigenvalue weighted by molar-refractivity contribution is 7.89. The molecule has 7 nitrogen and oxygen atoms in total. The Morgan fingerprint density at radius 2 is 1.96 bits per heavy atom. The molecule has 0 unspecified atom stereocenters. The lowest BCUT2D eigenvalue weighted by Crippen LogP contribution is -2.41. The monoisotopic (exact) mass is 384 g/mol. The molecule has 1 aliphatic heterocycles. The Balaban J connectivity index is 1.66. The first-order chi connectivity index (χ1) is 12.9. The van der Waals surface area contributed by atoms with Gasteiger partial charge >= 0.3 is 0 Å². The quantitative estimate of drug-likeness (QED) is 0.871. The Morgan fingerprint density at radius 3 is 2.63 bits per heavy atom. The van der Waals surface area contributed by atoms with Gasteiger partial charge in [-0.05, 0) is 49.6 Å². The van der Waals surface area contributed by atoms with Crippen molar-refractivity contribution in [3.05, 3.63) is 53.7 Å². The molecule has 1 fully saturated rings. The van der Waals surface area contributed by atoms with Crippen molar-refractivity contribution in [1.82, 2.24) is 9.29 Å². The number of rotatable bonds is 4. The van der Waals surface area contributed by atoms with Gasteiger partial charge in [-0.1, -0.05) is 12.1 Å². The minimum Gasteiger partial charge on any atom is -0.310 e. The summed E-state index contributed by atoms with van der Waals surface area (Å²) in [5, 5.41) is 12.0. The summed E-state index contributed by atoms with van der Waals surface area (Å²) in [5.74, 6) is 0.0746. The summed E-state index contributed by atoms with van der Waals surface area (Å²) in [5.41, 5.74) is 1.13. The highest BCUT2D eigenvalue weighted by atomic mass is 32.2. The van der Waals surface area contributed by atoms with Crippen LogP contribution in [0.4, 0.5) is 5.82 Å². The van der Waals surface area contributed by atoms with Crippen LogP contribution in [0.5, 0.6) is 0 Å². The number of aromatic nitrogens is 1. The third-order valence-corrected chi connectivity index (χ3v) is 6.57. The smallest absolute Gasteiger partial charge is 0.244 e. The number of hydrogen-bond donors (Lipinski definition) is 1. The summed E-state index contributed by atoms with van der Waals surface area (Å²) in [4.78, 5) is 16.6. The fourth-order valence-corrected chi connectivity index (χ4v) is 4.73. The summed E-state index contributed by atoms with van der Waals surface area (Å²) >= 11 is 0. The molecular formula is C19H20N4O3S. The average molecular weight is 384 g/mol.